The van der Waals surface area contributed by atoms with Crippen LogP contribution >= 0.6 is 0 Å². The highest BCUT2D eigenvalue weighted by Crippen LogP contribution is 2.12. The minimum absolute atomic E-state index is 0.0734. The largest absolute Gasteiger partial charge is 0.305 e. The van der Waals surface area contributed by atoms with Gasteiger partial charge in [0.05, 0.1) is 18.7 Å². The first-order valence-electron chi connectivity index (χ1n) is 6.70. The average Bonchev–Trinajstić information content (AvgIpc) is 2.90. The van der Waals surface area contributed by atoms with Crippen LogP contribution in [0.2, 0.25) is 0 Å². The Bertz CT molecular complexity index is 469. The molecule has 0 radical (unpaired) electrons. The molecule has 1 unspecified atom stereocenters. The molecule has 1 atom stereocenters. The number of carbonyl (C=O) groups excluding carboxylic acids is 2. The Morgan fingerprint density at radius 3 is 2.89 bits per heavy atom. The maximum atomic E-state index is 11.9. The van der Waals surface area contributed by atoms with E-state index in [2.05, 4.69) is 15.5 Å². The van der Waals surface area contributed by atoms with Crippen LogP contribution in [0.5, 0.6) is 0 Å². The summed E-state index contributed by atoms with van der Waals surface area (Å²) in [6.07, 6.45) is 3.96. The highest BCUT2D eigenvalue weighted by atomic mass is 16.2. The maximum Gasteiger partial charge on any atom is 0.246 e. The molecule has 0 bridgehead atoms. The van der Waals surface area contributed by atoms with Crippen molar-refractivity contribution in [3.63, 3.8) is 0 Å². The predicted octanol–water partition coefficient (Wildman–Crippen LogP) is 0.388. The molecule has 0 spiro atoms. The van der Waals surface area contributed by atoms with Gasteiger partial charge in [-0.25, -0.2) is 0 Å². The van der Waals surface area contributed by atoms with Crippen LogP contribution in [0.25, 0.3) is 0 Å². The first kappa shape index (κ1) is 13.7. The van der Waals surface area contributed by atoms with Crippen molar-refractivity contribution >= 4 is 11.8 Å². The third-order valence-electron chi connectivity index (χ3n) is 3.51. The van der Waals surface area contributed by atoms with Gasteiger partial charge in [0.25, 0.3) is 0 Å². The Kier molecular flexibility index (Phi) is 4.31. The van der Waals surface area contributed by atoms with Crippen molar-refractivity contribution in [1.82, 2.24) is 20.4 Å². The number of hydrogen-bond acceptors (Lipinski definition) is 4. The highest BCUT2D eigenvalue weighted by Gasteiger charge is 2.36. The number of carbonyl (C=O) groups is 2. The minimum atomic E-state index is -0.335. The van der Waals surface area contributed by atoms with Gasteiger partial charge in [0, 0.05) is 12.2 Å². The van der Waals surface area contributed by atoms with Gasteiger partial charge in [-0.15, -0.1) is 0 Å². The van der Waals surface area contributed by atoms with Gasteiger partial charge in [-0.3, -0.25) is 19.6 Å². The van der Waals surface area contributed by atoms with E-state index in [0.717, 1.165) is 25.1 Å². The molecule has 0 aliphatic carbocycles. The zero-order valence-corrected chi connectivity index (χ0v) is 11.4. The van der Waals surface area contributed by atoms with Crippen molar-refractivity contribution in [2.24, 2.45) is 0 Å². The molecule has 1 saturated heterocycles. The lowest BCUT2D eigenvalue weighted by Gasteiger charge is -2.12. The number of aromatic amines is 1. The van der Waals surface area contributed by atoms with Gasteiger partial charge in [-0.2, -0.15) is 5.10 Å². The van der Waals surface area contributed by atoms with E-state index >= 15 is 0 Å². The van der Waals surface area contributed by atoms with E-state index < -0.39 is 0 Å². The van der Waals surface area contributed by atoms with E-state index in [1.54, 1.807) is 0 Å². The number of likely N-dealkylation sites (tertiary alicyclic amines) is 1. The zero-order chi connectivity index (χ0) is 13.8. The van der Waals surface area contributed by atoms with Crippen molar-refractivity contribution < 1.29 is 9.59 Å². The minimum Gasteiger partial charge on any atom is -0.305 e. The topological polar surface area (TPSA) is 78.1 Å². The number of hydrogen-bond donors (Lipinski definition) is 2. The number of likely N-dealkylation sites (N-methyl/N-ethyl adjacent to an activating group) is 1. The summed E-state index contributed by atoms with van der Waals surface area (Å²) in [5, 5.41) is 10.0. The summed E-state index contributed by atoms with van der Waals surface area (Å²) in [5.74, 6) is -0.164. The van der Waals surface area contributed by atoms with Crippen LogP contribution < -0.4 is 5.32 Å². The number of aromatic nitrogens is 2. The van der Waals surface area contributed by atoms with E-state index in [1.807, 2.05) is 20.0 Å². The summed E-state index contributed by atoms with van der Waals surface area (Å²) in [7, 11) is 0. The lowest BCUT2D eigenvalue weighted by molar-refractivity contribution is -0.138. The van der Waals surface area contributed by atoms with Crippen LogP contribution in [-0.4, -0.2) is 46.0 Å². The van der Waals surface area contributed by atoms with Gasteiger partial charge in [0.1, 0.15) is 0 Å². The number of rotatable bonds is 6. The predicted molar refractivity (Wildman–Crippen MR) is 70.4 cm³/mol. The molecule has 1 aromatic rings. The second kappa shape index (κ2) is 5.97. The van der Waals surface area contributed by atoms with Crippen molar-refractivity contribution in [2.45, 2.75) is 39.2 Å². The van der Waals surface area contributed by atoms with Gasteiger partial charge < -0.3 is 5.32 Å². The van der Waals surface area contributed by atoms with E-state index in [0.29, 0.717) is 6.54 Å². The molecule has 6 nitrogen and oxygen atoms in total. The van der Waals surface area contributed by atoms with E-state index in [-0.39, 0.29) is 24.3 Å². The maximum absolute atomic E-state index is 11.9. The van der Waals surface area contributed by atoms with E-state index in [4.69, 9.17) is 0 Å². The average molecular weight is 264 g/mol. The molecule has 2 amide bonds. The first-order valence-corrected chi connectivity index (χ1v) is 6.70. The van der Waals surface area contributed by atoms with Gasteiger partial charge in [-0.1, -0.05) is 0 Å². The summed E-state index contributed by atoms with van der Waals surface area (Å²) in [6, 6.07) is -0.335. The van der Waals surface area contributed by atoms with Crippen molar-refractivity contribution in [3.8, 4) is 0 Å². The second-order valence-corrected chi connectivity index (χ2v) is 4.81. The second-order valence-electron chi connectivity index (χ2n) is 4.81. The Labute approximate surface area is 112 Å². The SMILES string of the molecule is CCN1C(=O)CC(NCCCc2cn[nH]c2C)C1=O. The molecule has 1 fully saturated rings. The number of nitrogens with one attached hydrogen (secondary N) is 2. The summed E-state index contributed by atoms with van der Waals surface area (Å²) in [6.45, 7) is 5.00. The number of imide groups is 1. The number of aryl methyl sites for hydroxylation is 2. The summed E-state index contributed by atoms with van der Waals surface area (Å²) < 4.78 is 0. The van der Waals surface area contributed by atoms with Crippen molar-refractivity contribution in [2.75, 3.05) is 13.1 Å². The van der Waals surface area contributed by atoms with Gasteiger partial charge in [-0.05, 0) is 38.8 Å². The van der Waals surface area contributed by atoms with E-state index in [9.17, 15) is 9.59 Å². The molecule has 104 valence electrons. The fourth-order valence-electron chi connectivity index (χ4n) is 2.36. The molecule has 1 aromatic heterocycles. The third-order valence-corrected chi connectivity index (χ3v) is 3.51. The van der Waals surface area contributed by atoms with Gasteiger partial charge in [0.2, 0.25) is 11.8 Å². The Hall–Kier alpha value is -1.69. The van der Waals surface area contributed by atoms with Gasteiger partial charge in [0.15, 0.2) is 0 Å². The van der Waals surface area contributed by atoms with Crippen LogP contribution in [0, 0.1) is 6.92 Å². The summed E-state index contributed by atoms with van der Waals surface area (Å²) >= 11 is 0. The smallest absolute Gasteiger partial charge is 0.246 e. The Balaban J connectivity index is 1.73. The Morgan fingerprint density at radius 1 is 1.53 bits per heavy atom. The molecule has 2 rings (SSSR count). The third kappa shape index (κ3) is 3.01. The van der Waals surface area contributed by atoms with Crippen molar-refractivity contribution in [1.29, 1.82) is 0 Å². The van der Waals surface area contributed by atoms with Crippen LogP contribution in [0.4, 0.5) is 0 Å². The standard InChI is InChI=1S/C13H20N4O2/c1-3-17-12(18)7-11(13(17)19)14-6-4-5-10-8-15-16-9(10)2/h8,11,14H,3-7H2,1-2H3,(H,15,16). The summed E-state index contributed by atoms with van der Waals surface area (Å²) in [4.78, 5) is 24.7. The molecular weight excluding hydrogens is 244 g/mol. The van der Waals surface area contributed by atoms with Crippen LogP contribution in [0.15, 0.2) is 6.20 Å². The first-order chi connectivity index (χ1) is 9.13. The molecule has 2 heterocycles. The fourth-order valence-corrected chi connectivity index (χ4v) is 2.36. The lowest BCUT2D eigenvalue weighted by atomic mass is 10.1. The normalized spacial score (nSPS) is 19.5. The quantitative estimate of drug-likeness (QED) is 0.575. The van der Waals surface area contributed by atoms with Crippen LogP contribution in [-0.2, 0) is 16.0 Å². The number of H-pyrrole nitrogens is 1. The highest BCUT2D eigenvalue weighted by molar-refractivity contribution is 6.05. The molecule has 0 saturated carbocycles. The molecule has 1 aliphatic heterocycles. The molecule has 2 N–H and O–H groups in total. The molecule has 1 aliphatic rings. The van der Waals surface area contributed by atoms with Crippen LogP contribution in [0.3, 0.4) is 0 Å². The molecule has 6 heteroatoms. The lowest BCUT2D eigenvalue weighted by Crippen LogP contribution is -2.39. The Morgan fingerprint density at radius 2 is 2.32 bits per heavy atom. The monoisotopic (exact) mass is 264 g/mol. The fraction of sp³-hybridized carbons (Fsp3) is 0.615. The molecule has 0 aromatic carbocycles. The zero-order valence-electron chi connectivity index (χ0n) is 11.4. The van der Waals surface area contributed by atoms with Crippen molar-refractivity contribution in [3.05, 3.63) is 17.5 Å². The van der Waals surface area contributed by atoms with Crippen LogP contribution in [0.1, 0.15) is 31.0 Å². The summed E-state index contributed by atoms with van der Waals surface area (Å²) in [5.41, 5.74) is 2.29. The molecule has 19 heavy (non-hydrogen) atoms. The van der Waals surface area contributed by atoms with Gasteiger partial charge >= 0.3 is 0 Å². The molecular formula is C13H20N4O2. The number of nitrogens with zero attached hydrogens (tertiary/aromatic N) is 2. The number of amides is 2. The van der Waals surface area contributed by atoms with E-state index in [1.165, 1.54) is 10.5 Å².